The van der Waals surface area contributed by atoms with Crippen molar-refractivity contribution in [2.75, 3.05) is 17.7 Å². The first-order valence-electron chi connectivity index (χ1n) is 7.57. The van der Waals surface area contributed by atoms with E-state index in [9.17, 15) is 13.6 Å². The highest BCUT2D eigenvalue weighted by atomic mass is 19.1. The first kappa shape index (κ1) is 17.3. The normalized spacial score (nSPS) is 10.3. The average Bonchev–Trinajstić information content (AvgIpc) is 2.66. The molecule has 0 spiro atoms. The van der Waals surface area contributed by atoms with Gasteiger partial charge in [-0.05, 0) is 48.5 Å². The number of aromatic nitrogens is 2. The molecule has 0 unspecified atom stereocenters. The van der Waals surface area contributed by atoms with Gasteiger partial charge in [0.15, 0.2) is 11.6 Å². The van der Waals surface area contributed by atoms with Crippen LogP contribution in [0.15, 0.2) is 54.6 Å². The Hall–Kier alpha value is -3.55. The zero-order valence-electron chi connectivity index (χ0n) is 13.7. The lowest BCUT2D eigenvalue weighted by Crippen LogP contribution is -2.13. The maximum Gasteiger partial charge on any atom is 0.256 e. The van der Waals surface area contributed by atoms with Crippen molar-refractivity contribution in [3.8, 4) is 5.75 Å². The van der Waals surface area contributed by atoms with E-state index in [1.807, 2.05) is 0 Å². The first-order chi connectivity index (χ1) is 12.6. The Morgan fingerprint density at radius 3 is 2.12 bits per heavy atom. The summed E-state index contributed by atoms with van der Waals surface area (Å²) < 4.78 is 32.3. The fourth-order valence-corrected chi connectivity index (χ4v) is 2.14. The van der Waals surface area contributed by atoms with E-state index in [1.54, 1.807) is 24.3 Å². The maximum atomic E-state index is 13.6. The van der Waals surface area contributed by atoms with Gasteiger partial charge in [0.1, 0.15) is 23.1 Å². The van der Waals surface area contributed by atoms with Gasteiger partial charge in [0, 0.05) is 5.56 Å². The summed E-state index contributed by atoms with van der Waals surface area (Å²) in [6.45, 7) is 0. The summed E-state index contributed by atoms with van der Waals surface area (Å²) in [6.07, 6.45) is 0. The van der Waals surface area contributed by atoms with Crippen LogP contribution in [0.4, 0.5) is 26.1 Å². The minimum absolute atomic E-state index is 0.136. The lowest BCUT2D eigenvalue weighted by Gasteiger charge is -2.08. The second-order valence-corrected chi connectivity index (χ2v) is 5.21. The number of hydrogen-bond donors (Lipinski definition) is 2. The van der Waals surface area contributed by atoms with Gasteiger partial charge >= 0.3 is 0 Å². The molecule has 0 fully saturated rings. The topological polar surface area (TPSA) is 76.1 Å². The molecule has 0 aliphatic rings. The molecule has 0 atom stereocenters. The SMILES string of the molecule is COc1ccc(C(=O)Nc2ccc(Nc3c(F)cccc3F)nn2)cc1. The Morgan fingerprint density at radius 2 is 1.54 bits per heavy atom. The summed E-state index contributed by atoms with van der Waals surface area (Å²) in [5.41, 5.74) is 0.0973. The smallest absolute Gasteiger partial charge is 0.256 e. The number of anilines is 3. The number of para-hydroxylation sites is 1. The summed E-state index contributed by atoms with van der Waals surface area (Å²) >= 11 is 0. The minimum atomic E-state index is -0.747. The summed E-state index contributed by atoms with van der Waals surface area (Å²) in [5.74, 6) is -0.894. The summed E-state index contributed by atoms with van der Waals surface area (Å²) in [7, 11) is 1.54. The zero-order chi connectivity index (χ0) is 18.5. The molecule has 6 nitrogen and oxygen atoms in total. The third kappa shape index (κ3) is 3.92. The van der Waals surface area contributed by atoms with Crippen LogP contribution in [0.3, 0.4) is 0 Å². The molecule has 1 amide bonds. The Morgan fingerprint density at radius 1 is 0.923 bits per heavy atom. The molecule has 0 aliphatic heterocycles. The molecule has 0 aliphatic carbocycles. The predicted octanol–water partition coefficient (Wildman–Crippen LogP) is 3.76. The van der Waals surface area contributed by atoms with Gasteiger partial charge in [0.2, 0.25) is 0 Å². The largest absolute Gasteiger partial charge is 0.497 e. The lowest BCUT2D eigenvalue weighted by molar-refractivity contribution is 0.102. The van der Waals surface area contributed by atoms with Crippen LogP contribution >= 0.6 is 0 Å². The molecule has 0 saturated carbocycles. The molecular weight excluding hydrogens is 342 g/mol. The van der Waals surface area contributed by atoms with Crippen molar-refractivity contribution in [1.29, 1.82) is 0 Å². The van der Waals surface area contributed by atoms with Crippen molar-refractivity contribution in [1.82, 2.24) is 10.2 Å². The van der Waals surface area contributed by atoms with Crippen LogP contribution in [0.2, 0.25) is 0 Å². The fraction of sp³-hybridized carbons (Fsp3) is 0.0556. The van der Waals surface area contributed by atoms with E-state index in [0.29, 0.717) is 11.3 Å². The first-order valence-corrected chi connectivity index (χ1v) is 7.57. The number of carbonyl (C=O) groups is 1. The molecule has 0 radical (unpaired) electrons. The molecule has 1 aromatic heterocycles. The number of hydrogen-bond acceptors (Lipinski definition) is 5. The number of nitrogens with one attached hydrogen (secondary N) is 2. The lowest BCUT2D eigenvalue weighted by atomic mass is 10.2. The number of nitrogens with zero attached hydrogens (tertiary/aromatic N) is 2. The monoisotopic (exact) mass is 356 g/mol. The summed E-state index contributed by atoms with van der Waals surface area (Å²) in [5, 5.41) is 12.7. The number of carbonyl (C=O) groups excluding carboxylic acids is 1. The molecule has 1 heterocycles. The third-order valence-electron chi connectivity index (χ3n) is 3.47. The zero-order valence-corrected chi connectivity index (χ0v) is 13.7. The molecule has 132 valence electrons. The molecule has 3 aromatic rings. The average molecular weight is 356 g/mol. The van der Waals surface area contributed by atoms with E-state index in [-0.39, 0.29) is 23.2 Å². The Labute approximate surface area is 147 Å². The Kier molecular flexibility index (Phi) is 5.02. The minimum Gasteiger partial charge on any atom is -0.497 e. The van der Waals surface area contributed by atoms with Gasteiger partial charge in [-0.3, -0.25) is 4.79 Å². The highest BCUT2D eigenvalue weighted by Gasteiger charge is 2.11. The number of methoxy groups -OCH3 is 1. The van der Waals surface area contributed by atoms with E-state index in [1.165, 1.54) is 25.3 Å². The molecular formula is C18H14F2N4O2. The highest BCUT2D eigenvalue weighted by molar-refractivity contribution is 6.03. The summed E-state index contributed by atoms with van der Waals surface area (Å²) in [6, 6.07) is 13.0. The third-order valence-corrected chi connectivity index (χ3v) is 3.47. The van der Waals surface area contributed by atoms with Crippen LogP contribution in [0.1, 0.15) is 10.4 Å². The summed E-state index contributed by atoms with van der Waals surface area (Å²) in [4.78, 5) is 12.1. The number of amides is 1. The number of rotatable bonds is 5. The predicted molar refractivity (Wildman–Crippen MR) is 92.6 cm³/mol. The number of benzene rings is 2. The van der Waals surface area contributed by atoms with Gasteiger partial charge in [-0.1, -0.05) is 6.07 Å². The van der Waals surface area contributed by atoms with E-state index in [2.05, 4.69) is 20.8 Å². The fourth-order valence-electron chi connectivity index (χ4n) is 2.14. The van der Waals surface area contributed by atoms with E-state index in [4.69, 9.17) is 4.74 Å². The molecule has 0 saturated heterocycles. The van der Waals surface area contributed by atoms with Gasteiger partial charge in [0.05, 0.1) is 7.11 Å². The van der Waals surface area contributed by atoms with E-state index < -0.39 is 11.6 Å². The van der Waals surface area contributed by atoms with Crippen LogP contribution in [-0.2, 0) is 0 Å². The maximum absolute atomic E-state index is 13.6. The Balaban J connectivity index is 1.68. The van der Waals surface area contributed by atoms with Gasteiger partial charge in [-0.2, -0.15) is 0 Å². The van der Waals surface area contributed by atoms with Gasteiger partial charge in [-0.15, -0.1) is 10.2 Å². The quantitative estimate of drug-likeness (QED) is 0.728. The van der Waals surface area contributed by atoms with Crippen LogP contribution in [0.5, 0.6) is 5.75 Å². The van der Waals surface area contributed by atoms with Gasteiger partial charge < -0.3 is 15.4 Å². The standard InChI is InChI=1S/C18H14F2N4O2/c1-26-12-7-5-11(6-8-12)18(25)22-16-10-9-15(23-24-16)21-17-13(19)3-2-4-14(17)20/h2-10H,1H3,(H,21,23)(H,22,24,25). The Bertz CT molecular complexity index is 895. The van der Waals surface area contributed by atoms with Crippen LogP contribution in [-0.4, -0.2) is 23.2 Å². The van der Waals surface area contributed by atoms with Crippen molar-refractivity contribution in [2.24, 2.45) is 0 Å². The van der Waals surface area contributed by atoms with Crippen molar-refractivity contribution in [3.05, 3.63) is 71.8 Å². The van der Waals surface area contributed by atoms with Gasteiger partial charge in [0.25, 0.3) is 5.91 Å². The van der Waals surface area contributed by atoms with Crippen LogP contribution in [0, 0.1) is 11.6 Å². The second kappa shape index (κ2) is 7.56. The second-order valence-electron chi connectivity index (χ2n) is 5.21. The molecule has 8 heteroatoms. The van der Waals surface area contributed by atoms with Crippen LogP contribution < -0.4 is 15.4 Å². The number of ether oxygens (including phenoxy) is 1. The van der Waals surface area contributed by atoms with E-state index in [0.717, 1.165) is 12.1 Å². The van der Waals surface area contributed by atoms with Crippen molar-refractivity contribution < 1.29 is 18.3 Å². The number of halogens is 2. The van der Waals surface area contributed by atoms with Crippen molar-refractivity contribution >= 4 is 23.2 Å². The molecule has 3 rings (SSSR count). The van der Waals surface area contributed by atoms with Crippen LogP contribution in [0.25, 0.3) is 0 Å². The van der Waals surface area contributed by atoms with Crippen molar-refractivity contribution in [2.45, 2.75) is 0 Å². The molecule has 2 N–H and O–H groups in total. The van der Waals surface area contributed by atoms with E-state index >= 15 is 0 Å². The molecule has 26 heavy (non-hydrogen) atoms. The molecule has 0 bridgehead atoms. The highest BCUT2D eigenvalue weighted by Crippen LogP contribution is 2.22. The van der Waals surface area contributed by atoms with Gasteiger partial charge in [-0.25, -0.2) is 8.78 Å². The molecule has 2 aromatic carbocycles. The van der Waals surface area contributed by atoms with Crippen molar-refractivity contribution in [3.63, 3.8) is 0 Å².